The zero-order valence-corrected chi connectivity index (χ0v) is 25.9. The van der Waals surface area contributed by atoms with Gasteiger partial charge in [0.25, 0.3) is 0 Å². The number of hydrogen-bond acceptors (Lipinski definition) is 9. The Bertz CT molecular complexity index is 1440. The Balaban J connectivity index is 1.76. The second-order valence-electron chi connectivity index (χ2n) is 12.4. The van der Waals surface area contributed by atoms with E-state index in [0.29, 0.717) is 59.7 Å². The lowest BCUT2D eigenvalue weighted by molar-refractivity contribution is 0.0206. The van der Waals surface area contributed by atoms with Gasteiger partial charge in [-0.25, -0.2) is 19.5 Å². The van der Waals surface area contributed by atoms with Crippen molar-refractivity contribution in [3.63, 3.8) is 0 Å². The first-order chi connectivity index (χ1) is 19.7. The van der Waals surface area contributed by atoms with Crippen molar-refractivity contribution in [1.29, 1.82) is 0 Å². The van der Waals surface area contributed by atoms with Crippen molar-refractivity contribution in [3.05, 3.63) is 36.0 Å². The van der Waals surface area contributed by atoms with Crippen LogP contribution in [0.25, 0.3) is 5.65 Å². The number of piperidine rings is 1. The van der Waals surface area contributed by atoms with Crippen molar-refractivity contribution in [1.82, 2.24) is 19.5 Å². The van der Waals surface area contributed by atoms with E-state index in [4.69, 9.17) is 24.9 Å². The number of carbonyl (C=O) groups excluding carboxylic acids is 2. The molecule has 3 aromatic rings. The lowest BCUT2D eigenvalue weighted by Crippen LogP contribution is -2.47. The molecule has 0 saturated carbocycles. The summed E-state index contributed by atoms with van der Waals surface area (Å²) in [6.07, 6.45) is 2.30. The van der Waals surface area contributed by atoms with Gasteiger partial charge >= 0.3 is 12.2 Å². The zero-order valence-electron chi connectivity index (χ0n) is 25.9. The molecule has 1 aromatic carbocycles. The number of fused-ring (bicyclic) bond motifs is 1. The molecule has 0 aliphatic carbocycles. The number of benzene rings is 1. The van der Waals surface area contributed by atoms with E-state index in [1.54, 1.807) is 60.6 Å². The topological polar surface area (TPSA) is 137 Å². The molecule has 1 unspecified atom stereocenters. The Morgan fingerprint density at radius 2 is 1.83 bits per heavy atom. The minimum Gasteiger partial charge on any atom is -0.494 e. The van der Waals surface area contributed by atoms with E-state index in [1.807, 2.05) is 34.6 Å². The average molecular weight is 582 g/mol. The number of nitrogens with two attached hydrogens (primary N) is 1. The molecule has 1 saturated heterocycles. The van der Waals surface area contributed by atoms with Crippen molar-refractivity contribution in [2.24, 2.45) is 0 Å². The van der Waals surface area contributed by atoms with Crippen LogP contribution in [0.4, 0.5) is 32.6 Å². The highest BCUT2D eigenvalue weighted by molar-refractivity contribution is 6.00. The van der Waals surface area contributed by atoms with Gasteiger partial charge in [0, 0.05) is 36.8 Å². The number of amides is 2. The van der Waals surface area contributed by atoms with E-state index in [1.165, 1.54) is 4.90 Å². The fraction of sp³-hybridized carbons (Fsp3) is 0.533. The first kappa shape index (κ1) is 30.7. The number of anilines is 4. The van der Waals surface area contributed by atoms with Gasteiger partial charge in [-0.3, -0.25) is 0 Å². The van der Waals surface area contributed by atoms with Crippen LogP contribution in [-0.4, -0.2) is 68.6 Å². The molecule has 0 spiro atoms. The minimum atomic E-state index is -0.770. The van der Waals surface area contributed by atoms with E-state index in [-0.39, 0.29) is 12.1 Å². The molecule has 2 amide bonds. The van der Waals surface area contributed by atoms with Gasteiger partial charge in [-0.1, -0.05) is 0 Å². The Morgan fingerprint density at radius 3 is 2.48 bits per heavy atom. The molecule has 1 aliphatic heterocycles. The molecule has 1 fully saturated rings. The van der Waals surface area contributed by atoms with Gasteiger partial charge in [0.15, 0.2) is 11.5 Å². The summed E-state index contributed by atoms with van der Waals surface area (Å²) in [4.78, 5) is 34.6. The van der Waals surface area contributed by atoms with Crippen molar-refractivity contribution >= 4 is 40.8 Å². The van der Waals surface area contributed by atoms with E-state index in [9.17, 15) is 9.59 Å². The fourth-order valence-electron chi connectivity index (χ4n) is 4.79. The largest absolute Gasteiger partial charge is 0.494 e. The van der Waals surface area contributed by atoms with Gasteiger partial charge in [-0.15, -0.1) is 0 Å². The molecule has 3 heterocycles. The molecule has 228 valence electrons. The Hall–Kier alpha value is -4.22. The lowest BCUT2D eigenvalue weighted by Gasteiger charge is -2.35. The molecule has 2 aromatic heterocycles. The second kappa shape index (κ2) is 11.9. The van der Waals surface area contributed by atoms with Crippen molar-refractivity contribution in [3.8, 4) is 5.75 Å². The van der Waals surface area contributed by atoms with Gasteiger partial charge in [-0.2, -0.15) is 9.61 Å². The summed E-state index contributed by atoms with van der Waals surface area (Å²) in [5.74, 6) is 1.58. The molecule has 3 N–H and O–H groups in total. The van der Waals surface area contributed by atoms with Crippen LogP contribution in [0.2, 0.25) is 0 Å². The molecule has 1 atom stereocenters. The number of nitrogen functional groups attached to an aromatic ring is 1. The summed E-state index contributed by atoms with van der Waals surface area (Å²) >= 11 is 0. The van der Waals surface area contributed by atoms with E-state index >= 15 is 0 Å². The van der Waals surface area contributed by atoms with Crippen molar-refractivity contribution < 1.29 is 23.8 Å². The van der Waals surface area contributed by atoms with Crippen LogP contribution in [-0.2, 0) is 9.47 Å². The lowest BCUT2D eigenvalue weighted by atomic mass is 10.1. The number of nitrogens with one attached hydrogen (secondary N) is 1. The number of nitrogens with zero attached hydrogens (tertiary/aromatic N) is 5. The quantitative estimate of drug-likeness (QED) is 0.341. The van der Waals surface area contributed by atoms with Crippen LogP contribution in [0.5, 0.6) is 5.75 Å². The van der Waals surface area contributed by atoms with Crippen molar-refractivity contribution in [2.45, 2.75) is 85.5 Å². The Morgan fingerprint density at radius 1 is 1.12 bits per heavy atom. The van der Waals surface area contributed by atoms with Crippen LogP contribution in [0.1, 0.15) is 66.9 Å². The summed E-state index contributed by atoms with van der Waals surface area (Å²) in [7, 11) is 0. The third kappa shape index (κ3) is 7.15. The summed E-state index contributed by atoms with van der Waals surface area (Å²) in [6.45, 7) is 16.3. The maximum absolute atomic E-state index is 13.9. The van der Waals surface area contributed by atoms with E-state index in [2.05, 4.69) is 10.4 Å². The maximum atomic E-state index is 13.9. The van der Waals surface area contributed by atoms with Gasteiger partial charge in [0.05, 0.1) is 24.2 Å². The molecular weight excluding hydrogens is 538 g/mol. The highest BCUT2D eigenvalue weighted by atomic mass is 16.6. The number of ether oxygens (including phenoxy) is 3. The first-order valence-corrected chi connectivity index (χ1v) is 14.3. The average Bonchev–Trinajstić information content (AvgIpc) is 3.33. The molecule has 0 radical (unpaired) electrons. The van der Waals surface area contributed by atoms with Crippen LogP contribution in [0, 0.1) is 6.92 Å². The first-order valence-electron chi connectivity index (χ1n) is 14.3. The number of hydrogen-bond donors (Lipinski definition) is 2. The highest BCUT2D eigenvalue weighted by Crippen LogP contribution is 2.38. The number of aromatic nitrogens is 3. The minimum absolute atomic E-state index is 0.0822. The van der Waals surface area contributed by atoms with Crippen LogP contribution < -0.4 is 20.7 Å². The van der Waals surface area contributed by atoms with Gasteiger partial charge in [0.1, 0.15) is 22.8 Å². The zero-order chi connectivity index (χ0) is 30.8. The van der Waals surface area contributed by atoms with Crippen molar-refractivity contribution in [2.75, 3.05) is 35.6 Å². The van der Waals surface area contributed by atoms with Crippen LogP contribution >= 0.6 is 0 Å². The monoisotopic (exact) mass is 581 g/mol. The number of likely N-dealkylation sites (tertiary alicyclic amines) is 1. The SMILES string of the molecule is CCOc1ccc(N(C(=O)OC(C)(C)C)c2c(C)c(NC3CCCN(C(=O)OC(C)(C)C)C3)nc3ccnn23)c(N)c1. The van der Waals surface area contributed by atoms with Gasteiger partial charge in [0.2, 0.25) is 0 Å². The standard InChI is InChI=1S/C30H43N7O5/c1-9-40-21-12-13-23(22(31)17-21)36(28(39)42-30(6,7)8)26-19(2)25(34-24-14-15-32-37(24)26)33-20-11-10-16-35(18-20)27(38)41-29(3,4)5/h12-15,17,20H,9-11,16,18,31H2,1-8H3,(H,33,34). The van der Waals surface area contributed by atoms with E-state index in [0.717, 1.165) is 12.8 Å². The second-order valence-corrected chi connectivity index (χ2v) is 12.4. The number of rotatable bonds is 6. The molecule has 0 bridgehead atoms. The van der Waals surface area contributed by atoms with Crippen LogP contribution in [0.15, 0.2) is 30.5 Å². The summed E-state index contributed by atoms with van der Waals surface area (Å²) < 4.78 is 18.7. The number of carbonyl (C=O) groups is 2. The summed E-state index contributed by atoms with van der Waals surface area (Å²) in [5, 5.41) is 8.00. The molecule has 4 rings (SSSR count). The predicted molar refractivity (Wildman–Crippen MR) is 163 cm³/mol. The molecule has 12 nitrogen and oxygen atoms in total. The highest BCUT2D eigenvalue weighted by Gasteiger charge is 2.33. The predicted octanol–water partition coefficient (Wildman–Crippen LogP) is 5.90. The third-order valence-corrected chi connectivity index (χ3v) is 6.49. The Kier molecular flexibility index (Phi) is 8.74. The molecular formula is C30H43N7O5. The summed E-state index contributed by atoms with van der Waals surface area (Å²) in [6, 6.07) is 6.85. The van der Waals surface area contributed by atoms with Crippen LogP contribution in [0.3, 0.4) is 0 Å². The Labute approximate surface area is 247 Å². The maximum Gasteiger partial charge on any atom is 0.420 e. The fourth-order valence-corrected chi connectivity index (χ4v) is 4.79. The summed E-state index contributed by atoms with van der Waals surface area (Å²) in [5.41, 5.74) is 7.07. The smallest absolute Gasteiger partial charge is 0.420 e. The van der Waals surface area contributed by atoms with Gasteiger partial charge in [-0.05, 0) is 80.4 Å². The van der Waals surface area contributed by atoms with E-state index < -0.39 is 17.3 Å². The molecule has 12 heteroatoms. The normalized spacial score (nSPS) is 15.8. The molecule has 1 aliphatic rings. The van der Waals surface area contributed by atoms with Gasteiger partial charge < -0.3 is 30.2 Å². The molecule has 42 heavy (non-hydrogen) atoms. The third-order valence-electron chi connectivity index (χ3n) is 6.49.